The second-order valence-corrected chi connectivity index (χ2v) is 10.1. The van der Waals surface area contributed by atoms with Crippen LogP contribution in [0, 0.1) is 18.7 Å². The number of nitrogens with one attached hydrogen (secondary N) is 2. The number of anilines is 1. The van der Waals surface area contributed by atoms with Crippen LogP contribution >= 0.6 is 0 Å². The number of hydrogen-bond acceptors (Lipinski definition) is 6. The van der Waals surface area contributed by atoms with Crippen molar-refractivity contribution in [3.63, 3.8) is 0 Å². The number of rotatable bonds is 5. The first-order valence-corrected chi connectivity index (χ1v) is 13.2. The quantitative estimate of drug-likeness (QED) is 0.264. The van der Waals surface area contributed by atoms with E-state index in [1.165, 1.54) is 6.33 Å². The van der Waals surface area contributed by atoms with Gasteiger partial charge in [0.05, 0.1) is 39.5 Å². The summed E-state index contributed by atoms with van der Waals surface area (Å²) in [6.45, 7) is 1.98. The zero-order valence-corrected chi connectivity index (χ0v) is 21.6. The van der Waals surface area contributed by atoms with Crippen molar-refractivity contribution in [1.29, 1.82) is 0 Å². The van der Waals surface area contributed by atoms with E-state index in [2.05, 4.69) is 30.2 Å². The van der Waals surface area contributed by atoms with Gasteiger partial charge < -0.3 is 10.3 Å². The Morgan fingerprint density at radius 3 is 2.70 bits per heavy atom. The number of amides is 1. The van der Waals surface area contributed by atoms with Crippen LogP contribution in [0.2, 0.25) is 0 Å². The smallest absolute Gasteiger partial charge is 0.227 e. The van der Waals surface area contributed by atoms with E-state index in [4.69, 9.17) is 4.98 Å². The maximum Gasteiger partial charge on any atom is 0.227 e. The van der Waals surface area contributed by atoms with Crippen molar-refractivity contribution in [2.24, 2.45) is 5.92 Å². The molecule has 196 valence electrons. The van der Waals surface area contributed by atoms with Crippen molar-refractivity contribution in [3.8, 4) is 33.9 Å². The summed E-state index contributed by atoms with van der Waals surface area (Å²) in [5.41, 5.74) is 6.46. The number of benzene rings is 2. The highest BCUT2D eigenvalue weighted by atomic mass is 19.1. The number of hydrogen-bond donors (Lipinski definition) is 2. The highest BCUT2D eigenvalue weighted by Gasteiger charge is 2.25. The third-order valence-electron chi connectivity index (χ3n) is 7.54. The molecule has 0 unspecified atom stereocenters. The van der Waals surface area contributed by atoms with Crippen LogP contribution in [0.1, 0.15) is 24.8 Å². The Morgan fingerprint density at radius 1 is 1.02 bits per heavy atom. The van der Waals surface area contributed by atoms with Gasteiger partial charge in [-0.15, -0.1) is 0 Å². The molecular weight excluding hydrogens is 505 g/mol. The third-order valence-corrected chi connectivity index (χ3v) is 7.54. The fourth-order valence-electron chi connectivity index (χ4n) is 5.16. The van der Waals surface area contributed by atoms with Crippen LogP contribution in [0.4, 0.5) is 10.1 Å². The number of aryl methyl sites for hydroxylation is 1. The predicted octanol–water partition coefficient (Wildman–Crippen LogP) is 6.48. The van der Waals surface area contributed by atoms with Crippen LogP contribution in [0.5, 0.6) is 0 Å². The summed E-state index contributed by atoms with van der Waals surface area (Å²) in [5.74, 6) is -0.0411. The number of aromatic amines is 1. The van der Waals surface area contributed by atoms with Gasteiger partial charge >= 0.3 is 0 Å². The third kappa shape index (κ3) is 4.07. The number of carbonyl (C=O) groups excluding carboxylic acids is 1. The fourth-order valence-corrected chi connectivity index (χ4v) is 5.16. The van der Waals surface area contributed by atoms with Gasteiger partial charge in [-0.05, 0) is 55.7 Å². The van der Waals surface area contributed by atoms with Crippen LogP contribution in [0.3, 0.4) is 0 Å². The van der Waals surface area contributed by atoms with E-state index in [0.717, 1.165) is 47.1 Å². The van der Waals surface area contributed by atoms with Crippen LogP contribution in [-0.4, -0.2) is 35.8 Å². The Labute approximate surface area is 228 Å². The molecule has 1 aliphatic rings. The molecule has 8 nitrogen and oxygen atoms in total. The molecule has 40 heavy (non-hydrogen) atoms. The van der Waals surface area contributed by atoms with Crippen LogP contribution in [-0.2, 0) is 4.79 Å². The van der Waals surface area contributed by atoms with Gasteiger partial charge in [0, 0.05) is 35.0 Å². The normalized spacial score (nSPS) is 13.4. The Balaban J connectivity index is 1.34. The lowest BCUT2D eigenvalue weighted by Gasteiger charge is -2.24. The minimum Gasteiger partial charge on any atom is -0.336 e. The SMILES string of the molecule is Cc1ccc(-c2ccccn2)c2[nH]c(-c3ncnc4ccc(-c5cncc(NC(=O)C6CCC6)c5)c(F)c34)nc12. The van der Waals surface area contributed by atoms with Gasteiger partial charge in [-0.1, -0.05) is 24.6 Å². The van der Waals surface area contributed by atoms with Crippen LogP contribution in [0.25, 0.3) is 55.8 Å². The number of H-pyrrole nitrogens is 1. The Morgan fingerprint density at radius 2 is 1.90 bits per heavy atom. The average molecular weight is 530 g/mol. The lowest BCUT2D eigenvalue weighted by atomic mass is 9.85. The summed E-state index contributed by atoms with van der Waals surface area (Å²) in [5, 5.41) is 3.17. The Kier molecular flexibility index (Phi) is 5.77. The zero-order valence-electron chi connectivity index (χ0n) is 21.6. The van der Waals surface area contributed by atoms with Gasteiger partial charge in [-0.3, -0.25) is 14.8 Å². The molecule has 7 rings (SSSR count). The second-order valence-electron chi connectivity index (χ2n) is 10.1. The minimum absolute atomic E-state index is 0.0230. The van der Waals surface area contributed by atoms with E-state index in [0.29, 0.717) is 33.8 Å². The van der Waals surface area contributed by atoms with Gasteiger partial charge in [0.1, 0.15) is 17.8 Å². The molecule has 0 aliphatic heterocycles. The first-order valence-electron chi connectivity index (χ1n) is 13.2. The molecule has 9 heteroatoms. The van der Waals surface area contributed by atoms with Gasteiger partial charge in [0.25, 0.3) is 0 Å². The second kappa shape index (κ2) is 9.60. The summed E-state index contributed by atoms with van der Waals surface area (Å²) in [6, 6.07) is 14.9. The first kappa shape index (κ1) is 24.0. The van der Waals surface area contributed by atoms with Crippen molar-refractivity contribution >= 4 is 33.5 Å². The lowest BCUT2D eigenvalue weighted by Crippen LogP contribution is -2.28. The summed E-state index contributed by atoms with van der Waals surface area (Å²) < 4.78 is 16.3. The van der Waals surface area contributed by atoms with E-state index in [-0.39, 0.29) is 17.2 Å². The van der Waals surface area contributed by atoms with Crippen molar-refractivity contribution in [2.75, 3.05) is 5.32 Å². The Hall–Kier alpha value is -5.05. The van der Waals surface area contributed by atoms with E-state index >= 15 is 4.39 Å². The average Bonchev–Trinajstić information content (AvgIpc) is 3.39. The fraction of sp³-hybridized carbons (Fsp3) is 0.161. The molecule has 4 heterocycles. The predicted molar refractivity (Wildman–Crippen MR) is 152 cm³/mol. The molecular formula is C31H24FN7O. The minimum atomic E-state index is -0.487. The van der Waals surface area contributed by atoms with E-state index in [1.54, 1.807) is 36.8 Å². The molecule has 1 fully saturated rings. The molecule has 1 amide bonds. The molecule has 2 N–H and O–H groups in total. The maximum atomic E-state index is 16.3. The molecule has 0 bridgehead atoms. The molecule has 2 aromatic carbocycles. The maximum absolute atomic E-state index is 16.3. The molecule has 1 aliphatic carbocycles. The van der Waals surface area contributed by atoms with Crippen LogP contribution in [0.15, 0.2) is 73.4 Å². The van der Waals surface area contributed by atoms with Crippen molar-refractivity contribution in [1.82, 2.24) is 29.9 Å². The highest BCUT2D eigenvalue weighted by Crippen LogP contribution is 2.36. The zero-order chi connectivity index (χ0) is 27.2. The summed E-state index contributed by atoms with van der Waals surface area (Å²) in [6.07, 6.45) is 9.17. The summed E-state index contributed by atoms with van der Waals surface area (Å²) >= 11 is 0. The number of carbonyl (C=O) groups is 1. The van der Waals surface area contributed by atoms with E-state index in [1.807, 2.05) is 37.3 Å². The number of pyridine rings is 2. The Bertz CT molecular complexity index is 1910. The standard InChI is InChI=1S/C31H24FN7O/c1-17-8-9-22(23-7-2-3-12-34-23)28-27(17)38-30(39-28)29-25-24(35-16-36-29)11-10-21(26(25)32)19-13-20(15-33-14-19)37-31(40)18-5-4-6-18/h2-3,7-16,18H,4-6H2,1H3,(H,37,40)(H,38,39). The van der Waals surface area contributed by atoms with Gasteiger partial charge in [-0.2, -0.15) is 0 Å². The molecule has 1 saturated carbocycles. The summed E-state index contributed by atoms with van der Waals surface area (Å²) in [4.78, 5) is 38.2. The number of fused-ring (bicyclic) bond motifs is 2. The number of aromatic nitrogens is 6. The van der Waals surface area contributed by atoms with Crippen molar-refractivity contribution < 1.29 is 9.18 Å². The van der Waals surface area contributed by atoms with Gasteiger partial charge in [-0.25, -0.2) is 19.3 Å². The molecule has 6 aromatic rings. The van der Waals surface area contributed by atoms with Crippen molar-refractivity contribution in [3.05, 3.63) is 84.8 Å². The monoisotopic (exact) mass is 529 g/mol. The molecule has 0 radical (unpaired) electrons. The van der Waals surface area contributed by atoms with Crippen molar-refractivity contribution in [2.45, 2.75) is 26.2 Å². The molecule has 0 atom stereocenters. The molecule has 0 spiro atoms. The highest BCUT2D eigenvalue weighted by molar-refractivity contribution is 5.99. The van der Waals surface area contributed by atoms with E-state index in [9.17, 15) is 4.79 Å². The van der Waals surface area contributed by atoms with Gasteiger partial charge in [0.2, 0.25) is 5.91 Å². The van der Waals surface area contributed by atoms with E-state index < -0.39 is 5.82 Å². The number of imidazole rings is 1. The first-order chi connectivity index (χ1) is 19.6. The number of halogens is 1. The summed E-state index contributed by atoms with van der Waals surface area (Å²) in [7, 11) is 0. The number of nitrogens with zero attached hydrogens (tertiary/aromatic N) is 5. The van der Waals surface area contributed by atoms with Gasteiger partial charge in [0.15, 0.2) is 5.82 Å². The molecule has 0 saturated heterocycles. The lowest BCUT2D eigenvalue weighted by molar-refractivity contribution is -0.122. The van der Waals surface area contributed by atoms with Crippen LogP contribution < -0.4 is 5.32 Å². The molecule has 4 aromatic heterocycles. The largest absolute Gasteiger partial charge is 0.336 e. The topological polar surface area (TPSA) is 109 Å².